The second-order valence-corrected chi connectivity index (χ2v) is 7.60. The van der Waals surface area contributed by atoms with Gasteiger partial charge in [-0.05, 0) is 36.4 Å². The van der Waals surface area contributed by atoms with E-state index in [0.29, 0.717) is 22.3 Å². The molecular weight excluding hydrogens is 412 g/mol. The zero-order valence-corrected chi connectivity index (χ0v) is 17.5. The van der Waals surface area contributed by atoms with Crippen molar-refractivity contribution >= 4 is 51.3 Å². The van der Waals surface area contributed by atoms with Crippen molar-refractivity contribution in [1.29, 1.82) is 0 Å². The fourth-order valence-electron chi connectivity index (χ4n) is 3.58. The third-order valence-corrected chi connectivity index (χ3v) is 5.45. The number of hydrogen-bond acceptors (Lipinski definition) is 8. The van der Waals surface area contributed by atoms with Crippen LogP contribution in [0.5, 0.6) is 0 Å². The largest absolute Gasteiger partial charge is 0.369 e. The van der Waals surface area contributed by atoms with Crippen LogP contribution >= 0.6 is 11.6 Å². The molecule has 4 aromatic rings. The quantitative estimate of drug-likeness (QED) is 0.436. The van der Waals surface area contributed by atoms with Gasteiger partial charge in [0, 0.05) is 49.1 Å². The summed E-state index contributed by atoms with van der Waals surface area (Å²) in [6.07, 6.45) is 3.36. The fraction of sp³-hybridized carbons (Fsp3) is 0.182. The van der Waals surface area contributed by atoms with E-state index in [1.165, 1.54) is 5.69 Å². The maximum Gasteiger partial charge on any atom is 0.229 e. The Labute approximate surface area is 184 Å². The highest BCUT2D eigenvalue weighted by Crippen LogP contribution is 2.28. The number of halogens is 1. The summed E-state index contributed by atoms with van der Waals surface area (Å²) in [6, 6.07) is 15.7. The monoisotopic (exact) mass is 432 g/mol. The van der Waals surface area contributed by atoms with Crippen LogP contribution in [0.2, 0.25) is 5.02 Å². The van der Waals surface area contributed by atoms with Gasteiger partial charge in [0.2, 0.25) is 5.95 Å². The normalized spacial score (nSPS) is 13.9. The first-order valence-electron chi connectivity index (χ1n) is 10.1. The van der Waals surface area contributed by atoms with E-state index in [1.807, 2.05) is 24.3 Å². The van der Waals surface area contributed by atoms with Crippen molar-refractivity contribution in [3.05, 3.63) is 65.9 Å². The van der Waals surface area contributed by atoms with Crippen LogP contribution in [0.25, 0.3) is 10.9 Å². The predicted molar refractivity (Wildman–Crippen MR) is 125 cm³/mol. The molecule has 0 aliphatic carbocycles. The van der Waals surface area contributed by atoms with E-state index in [9.17, 15) is 0 Å². The molecule has 0 amide bonds. The molecule has 0 radical (unpaired) electrons. The Balaban J connectivity index is 1.32. The van der Waals surface area contributed by atoms with Crippen LogP contribution in [0.3, 0.4) is 0 Å². The van der Waals surface area contributed by atoms with Gasteiger partial charge in [-0.15, -0.1) is 5.10 Å². The molecule has 3 N–H and O–H groups in total. The lowest BCUT2D eigenvalue weighted by Gasteiger charge is -2.29. The Morgan fingerprint density at radius 1 is 0.968 bits per heavy atom. The van der Waals surface area contributed by atoms with Crippen molar-refractivity contribution in [3.63, 3.8) is 0 Å². The first kappa shape index (κ1) is 19.5. The lowest BCUT2D eigenvalue weighted by atomic mass is 10.2. The molecule has 9 heteroatoms. The van der Waals surface area contributed by atoms with Crippen LogP contribution < -0.4 is 20.9 Å². The van der Waals surface area contributed by atoms with Gasteiger partial charge >= 0.3 is 0 Å². The highest BCUT2D eigenvalue weighted by atomic mass is 35.5. The zero-order chi connectivity index (χ0) is 21.0. The van der Waals surface area contributed by atoms with Crippen molar-refractivity contribution in [2.75, 3.05) is 41.7 Å². The molecule has 2 aromatic carbocycles. The summed E-state index contributed by atoms with van der Waals surface area (Å²) >= 11 is 6.24. The van der Waals surface area contributed by atoms with Crippen molar-refractivity contribution in [2.24, 2.45) is 0 Å². The number of fused-ring (bicyclic) bond motifs is 1. The van der Waals surface area contributed by atoms with Crippen LogP contribution in [0, 0.1) is 0 Å². The molecule has 2 aromatic heterocycles. The van der Waals surface area contributed by atoms with E-state index >= 15 is 0 Å². The van der Waals surface area contributed by atoms with Crippen LogP contribution in [-0.4, -0.2) is 46.3 Å². The minimum atomic E-state index is 0.504. The summed E-state index contributed by atoms with van der Waals surface area (Å²) in [7, 11) is 0. The van der Waals surface area contributed by atoms with Gasteiger partial charge in [0.15, 0.2) is 0 Å². The molecule has 0 bridgehead atoms. The minimum Gasteiger partial charge on any atom is -0.369 e. The van der Waals surface area contributed by atoms with E-state index in [1.54, 1.807) is 24.5 Å². The number of aromatic nitrogens is 4. The lowest BCUT2D eigenvalue weighted by Crippen LogP contribution is -2.43. The molecule has 1 aliphatic rings. The highest BCUT2D eigenvalue weighted by Gasteiger charge is 2.11. The van der Waals surface area contributed by atoms with Gasteiger partial charge in [-0.25, -0.2) is 4.98 Å². The Hall–Kier alpha value is -3.49. The van der Waals surface area contributed by atoms with Crippen LogP contribution in [0.4, 0.5) is 28.8 Å². The summed E-state index contributed by atoms with van der Waals surface area (Å²) in [5.41, 5.74) is 3.57. The first-order chi connectivity index (χ1) is 15.3. The van der Waals surface area contributed by atoms with E-state index in [0.717, 1.165) is 42.9 Å². The third-order valence-electron chi connectivity index (χ3n) is 5.15. The Morgan fingerprint density at radius 3 is 2.65 bits per heavy atom. The van der Waals surface area contributed by atoms with Gasteiger partial charge in [-0.3, -0.25) is 0 Å². The molecule has 0 atom stereocenters. The Morgan fingerprint density at radius 2 is 1.81 bits per heavy atom. The smallest absolute Gasteiger partial charge is 0.229 e. The summed E-state index contributed by atoms with van der Waals surface area (Å²) in [6.45, 7) is 4.07. The standard InChI is InChI=1S/C22H21ClN8/c23-18-3-1-2-17-19(14-26-30-21(17)18)28-20-8-9-25-22(29-20)27-15-4-6-16(7-5-15)31-12-10-24-11-13-31/h1-9,14,24H,10-13H2,(H2,25,27,28,29,30). The van der Waals surface area contributed by atoms with Crippen LogP contribution in [0.1, 0.15) is 0 Å². The number of anilines is 5. The second kappa shape index (κ2) is 8.71. The molecule has 31 heavy (non-hydrogen) atoms. The van der Waals surface area contributed by atoms with Gasteiger partial charge in [0.25, 0.3) is 0 Å². The van der Waals surface area contributed by atoms with E-state index in [2.05, 4.69) is 53.1 Å². The van der Waals surface area contributed by atoms with E-state index < -0.39 is 0 Å². The van der Waals surface area contributed by atoms with Gasteiger partial charge < -0.3 is 20.9 Å². The Kier molecular flexibility index (Phi) is 5.47. The molecule has 1 saturated heterocycles. The molecular formula is C22H21ClN8. The molecule has 8 nitrogen and oxygen atoms in total. The summed E-state index contributed by atoms with van der Waals surface area (Å²) in [5.74, 6) is 1.15. The molecule has 1 fully saturated rings. The summed E-state index contributed by atoms with van der Waals surface area (Å²) in [4.78, 5) is 11.3. The average molecular weight is 433 g/mol. The maximum absolute atomic E-state index is 6.24. The Bertz CT molecular complexity index is 1190. The van der Waals surface area contributed by atoms with Crippen molar-refractivity contribution in [1.82, 2.24) is 25.5 Å². The SMILES string of the molecule is Clc1cccc2c(Nc3ccnc(Nc4ccc(N5CCNCC5)cc4)n3)cnnc12. The zero-order valence-electron chi connectivity index (χ0n) is 16.7. The van der Waals surface area contributed by atoms with E-state index in [-0.39, 0.29) is 0 Å². The first-order valence-corrected chi connectivity index (χ1v) is 10.5. The maximum atomic E-state index is 6.24. The number of piperazine rings is 1. The second-order valence-electron chi connectivity index (χ2n) is 7.19. The van der Waals surface area contributed by atoms with Crippen LogP contribution in [0.15, 0.2) is 60.9 Å². The number of hydrogen-bond donors (Lipinski definition) is 3. The van der Waals surface area contributed by atoms with Crippen molar-refractivity contribution < 1.29 is 0 Å². The molecule has 0 saturated carbocycles. The molecule has 3 heterocycles. The summed E-state index contributed by atoms with van der Waals surface area (Å²) < 4.78 is 0. The average Bonchev–Trinajstić information content (AvgIpc) is 2.81. The highest BCUT2D eigenvalue weighted by molar-refractivity contribution is 6.35. The lowest BCUT2D eigenvalue weighted by molar-refractivity contribution is 0.589. The molecule has 0 unspecified atom stereocenters. The van der Waals surface area contributed by atoms with Gasteiger partial charge in [-0.2, -0.15) is 10.1 Å². The summed E-state index contributed by atoms with van der Waals surface area (Å²) in [5, 5.41) is 19.5. The third kappa shape index (κ3) is 4.35. The molecule has 1 aliphatic heterocycles. The molecule has 156 valence electrons. The fourth-order valence-corrected chi connectivity index (χ4v) is 3.79. The molecule has 5 rings (SSSR count). The number of nitrogens with zero attached hydrogens (tertiary/aromatic N) is 5. The number of rotatable bonds is 5. The molecule has 0 spiro atoms. The van der Waals surface area contributed by atoms with Crippen molar-refractivity contribution in [3.8, 4) is 0 Å². The van der Waals surface area contributed by atoms with Gasteiger partial charge in [0.05, 0.1) is 16.9 Å². The predicted octanol–water partition coefficient (Wildman–Crippen LogP) is 3.97. The van der Waals surface area contributed by atoms with Crippen LogP contribution in [-0.2, 0) is 0 Å². The van der Waals surface area contributed by atoms with Crippen molar-refractivity contribution in [2.45, 2.75) is 0 Å². The topological polar surface area (TPSA) is 90.9 Å². The van der Waals surface area contributed by atoms with E-state index in [4.69, 9.17) is 11.6 Å². The minimum absolute atomic E-state index is 0.504. The number of nitrogens with one attached hydrogen (secondary N) is 3. The van der Waals surface area contributed by atoms with Gasteiger partial charge in [0.1, 0.15) is 11.3 Å². The number of benzene rings is 2. The van der Waals surface area contributed by atoms with Gasteiger partial charge in [-0.1, -0.05) is 23.7 Å².